The molecule has 3 nitrogen and oxygen atoms in total. The highest BCUT2D eigenvalue weighted by molar-refractivity contribution is 5.95. The number of likely N-dealkylation sites (N-methyl/N-ethyl adjacent to an activating group) is 1. The van der Waals surface area contributed by atoms with Crippen LogP contribution in [0.1, 0.15) is 34.3 Å². The second kappa shape index (κ2) is 5.82. The first kappa shape index (κ1) is 14.5. The molecule has 1 amide bonds. The molecule has 1 heterocycles. The number of hydrogen-bond donors (Lipinski definition) is 1. The average Bonchev–Trinajstić information content (AvgIpc) is 2.98. The highest BCUT2D eigenvalue weighted by Gasteiger charge is 2.25. The fourth-order valence-electron chi connectivity index (χ4n) is 3.86. The predicted molar refractivity (Wildman–Crippen MR) is 92.7 cm³/mol. The van der Waals surface area contributed by atoms with E-state index in [1.807, 2.05) is 18.0 Å². The Bertz CT molecular complexity index is 753. The predicted octanol–water partition coefficient (Wildman–Crippen LogP) is 3.08. The third-order valence-corrected chi connectivity index (χ3v) is 5.16. The lowest BCUT2D eigenvalue weighted by Crippen LogP contribution is -2.46. The monoisotopic (exact) mass is 306 g/mol. The molecule has 1 saturated heterocycles. The van der Waals surface area contributed by atoms with Gasteiger partial charge in [-0.15, -0.1) is 0 Å². The molecule has 1 fully saturated rings. The summed E-state index contributed by atoms with van der Waals surface area (Å²) in [7, 11) is 1.98. The van der Waals surface area contributed by atoms with Gasteiger partial charge in [-0.05, 0) is 60.7 Å². The number of likely N-dealkylation sites (tertiary alicyclic amines) is 1. The van der Waals surface area contributed by atoms with Crippen LogP contribution in [0.2, 0.25) is 0 Å². The Morgan fingerprint density at radius 2 is 1.96 bits per heavy atom. The zero-order chi connectivity index (χ0) is 15.8. The number of hydrogen-bond acceptors (Lipinski definition) is 2. The van der Waals surface area contributed by atoms with Gasteiger partial charge in [0.25, 0.3) is 5.91 Å². The lowest BCUT2D eigenvalue weighted by atomic mass is 10.0. The van der Waals surface area contributed by atoms with Gasteiger partial charge in [-0.2, -0.15) is 0 Å². The molecule has 0 bridgehead atoms. The van der Waals surface area contributed by atoms with E-state index >= 15 is 0 Å². The molecule has 0 aromatic heterocycles. The molecule has 2 aliphatic rings. The van der Waals surface area contributed by atoms with Gasteiger partial charge in [0.15, 0.2) is 0 Å². The molecule has 1 aliphatic carbocycles. The van der Waals surface area contributed by atoms with E-state index in [2.05, 4.69) is 41.7 Å². The van der Waals surface area contributed by atoms with Crippen molar-refractivity contribution in [1.29, 1.82) is 0 Å². The third kappa shape index (κ3) is 2.55. The molecular formula is C20H22N2O. The van der Waals surface area contributed by atoms with Gasteiger partial charge in [0.2, 0.25) is 0 Å². The second-order valence-corrected chi connectivity index (χ2v) is 6.58. The molecule has 1 atom stereocenters. The highest BCUT2D eigenvalue weighted by Crippen LogP contribution is 2.36. The Balaban J connectivity index is 1.59. The molecule has 2 aromatic rings. The third-order valence-electron chi connectivity index (χ3n) is 5.16. The summed E-state index contributed by atoms with van der Waals surface area (Å²) in [6.45, 7) is 1.68. The van der Waals surface area contributed by atoms with Crippen LogP contribution in [0.3, 0.4) is 0 Å². The summed E-state index contributed by atoms with van der Waals surface area (Å²) in [6, 6.07) is 15.2. The SMILES string of the molecule is CNC1CCCN(C(=O)c2ccc3c(c2)Cc2ccccc2-3)C1. The van der Waals surface area contributed by atoms with Crippen molar-refractivity contribution in [2.75, 3.05) is 20.1 Å². The van der Waals surface area contributed by atoms with E-state index < -0.39 is 0 Å². The van der Waals surface area contributed by atoms with Gasteiger partial charge in [-0.25, -0.2) is 0 Å². The summed E-state index contributed by atoms with van der Waals surface area (Å²) in [5.74, 6) is 0.170. The van der Waals surface area contributed by atoms with Crippen LogP contribution < -0.4 is 5.32 Å². The fourth-order valence-corrected chi connectivity index (χ4v) is 3.86. The van der Waals surface area contributed by atoms with Gasteiger partial charge in [0.1, 0.15) is 0 Å². The van der Waals surface area contributed by atoms with Gasteiger partial charge in [0, 0.05) is 24.7 Å². The van der Waals surface area contributed by atoms with Crippen molar-refractivity contribution in [1.82, 2.24) is 10.2 Å². The minimum Gasteiger partial charge on any atom is -0.337 e. The Morgan fingerprint density at radius 3 is 2.83 bits per heavy atom. The van der Waals surface area contributed by atoms with Crippen LogP contribution in [0.15, 0.2) is 42.5 Å². The topological polar surface area (TPSA) is 32.3 Å². The number of nitrogens with zero attached hydrogens (tertiary/aromatic N) is 1. The lowest BCUT2D eigenvalue weighted by molar-refractivity contribution is 0.0698. The van der Waals surface area contributed by atoms with Crippen molar-refractivity contribution in [3.63, 3.8) is 0 Å². The van der Waals surface area contributed by atoms with Crippen molar-refractivity contribution in [2.45, 2.75) is 25.3 Å². The molecule has 1 N–H and O–H groups in total. The van der Waals surface area contributed by atoms with E-state index in [-0.39, 0.29) is 5.91 Å². The van der Waals surface area contributed by atoms with E-state index in [4.69, 9.17) is 0 Å². The summed E-state index contributed by atoms with van der Waals surface area (Å²) in [6.07, 6.45) is 3.17. The van der Waals surface area contributed by atoms with Crippen LogP contribution in [0.25, 0.3) is 11.1 Å². The second-order valence-electron chi connectivity index (χ2n) is 6.58. The molecule has 1 unspecified atom stereocenters. The highest BCUT2D eigenvalue weighted by atomic mass is 16.2. The van der Waals surface area contributed by atoms with Crippen LogP contribution in [-0.2, 0) is 6.42 Å². The largest absolute Gasteiger partial charge is 0.337 e. The quantitative estimate of drug-likeness (QED) is 0.789. The Hall–Kier alpha value is -2.13. The number of nitrogens with one attached hydrogen (secondary N) is 1. The van der Waals surface area contributed by atoms with Gasteiger partial charge in [-0.1, -0.05) is 30.3 Å². The van der Waals surface area contributed by atoms with Crippen LogP contribution in [-0.4, -0.2) is 37.0 Å². The number of benzene rings is 2. The number of piperidine rings is 1. The van der Waals surface area contributed by atoms with Crippen molar-refractivity contribution in [3.8, 4) is 11.1 Å². The van der Waals surface area contributed by atoms with Crippen molar-refractivity contribution in [2.24, 2.45) is 0 Å². The number of rotatable bonds is 2. The van der Waals surface area contributed by atoms with Gasteiger partial charge in [-0.3, -0.25) is 4.79 Å². The standard InChI is InChI=1S/C20H22N2O/c1-21-17-6-4-10-22(13-17)20(23)15-8-9-19-16(12-15)11-14-5-2-3-7-18(14)19/h2-3,5,7-9,12,17,21H,4,6,10-11,13H2,1H3. The first-order valence-electron chi connectivity index (χ1n) is 8.44. The summed E-state index contributed by atoms with van der Waals surface area (Å²) in [5, 5.41) is 3.30. The maximum Gasteiger partial charge on any atom is 0.253 e. The molecule has 0 spiro atoms. The zero-order valence-corrected chi connectivity index (χ0v) is 13.5. The smallest absolute Gasteiger partial charge is 0.253 e. The first-order valence-corrected chi connectivity index (χ1v) is 8.44. The van der Waals surface area contributed by atoms with E-state index in [0.717, 1.165) is 37.9 Å². The molecule has 1 aliphatic heterocycles. The average molecular weight is 306 g/mol. The summed E-state index contributed by atoms with van der Waals surface area (Å²) in [5.41, 5.74) is 6.06. The van der Waals surface area contributed by atoms with Crippen molar-refractivity contribution in [3.05, 3.63) is 59.2 Å². The Morgan fingerprint density at radius 1 is 1.13 bits per heavy atom. The summed E-state index contributed by atoms with van der Waals surface area (Å²) >= 11 is 0. The van der Waals surface area contributed by atoms with Gasteiger partial charge < -0.3 is 10.2 Å². The molecule has 4 rings (SSSR count). The van der Waals surface area contributed by atoms with Gasteiger partial charge >= 0.3 is 0 Å². The van der Waals surface area contributed by atoms with Crippen molar-refractivity contribution >= 4 is 5.91 Å². The fraction of sp³-hybridized carbons (Fsp3) is 0.350. The van der Waals surface area contributed by atoms with E-state index in [9.17, 15) is 4.79 Å². The van der Waals surface area contributed by atoms with E-state index in [1.165, 1.54) is 22.3 Å². The number of amides is 1. The summed E-state index contributed by atoms with van der Waals surface area (Å²) < 4.78 is 0. The molecule has 3 heteroatoms. The molecular weight excluding hydrogens is 284 g/mol. The Labute approximate surface area is 137 Å². The maximum absolute atomic E-state index is 12.8. The summed E-state index contributed by atoms with van der Waals surface area (Å²) in [4.78, 5) is 14.8. The number of fused-ring (bicyclic) bond motifs is 3. The number of carbonyl (C=O) groups is 1. The van der Waals surface area contributed by atoms with Gasteiger partial charge in [0.05, 0.1) is 0 Å². The van der Waals surface area contributed by atoms with Crippen LogP contribution in [0, 0.1) is 0 Å². The van der Waals surface area contributed by atoms with E-state index in [0.29, 0.717) is 6.04 Å². The molecule has 23 heavy (non-hydrogen) atoms. The minimum atomic E-state index is 0.170. The lowest BCUT2D eigenvalue weighted by Gasteiger charge is -2.32. The van der Waals surface area contributed by atoms with Crippen LogP contribution in [0.5, 0.6) is 0 Å². The van der Waals surface area contributed by atoms with E-state index in [1.54, 1.807) is 0 Å². The number of carbonyl (C=O) groups excluding carboxylic acids is 1. The maximum atomic E-state index is 12.8. The molecule has 118 valence electrons. The molecule has 2 aromatic carbocycles. The van der Waals surface area contributed by atoms with Crippen LogP contribution in [0.4, 0.5) is 0 Å². The van der Waals surface area contributed by atoms with Crippen LogP contribution >= 0.6 is 0 Å². The van der Waals surface area contributed by atoms with Crippen molar-refractivity contribution < 1.29 is 4.79 Å². The normalized spacial score (nSPS) is 19.3. The molecule has 0 saturated carbocycles. The first-order chi connectivity index (χ1) is 11.3. The zero-order valence-electron chi connectivity index (χ0n) is 13.5. The minimum absolute atomic E-state index is 0.170. The molecule has 0 radical (unpaired) electrons. The Kier molecular flexibility index (Phi) is 3.66.